The van der Waals surface area contributed by atoms with E-state index in [2.05, 4.69) is 44.0 Å². The van der Waals surface area contributed by atoms with Crippen LogP contribution in [0.15, 0.2) is 18.2 Å². The Morgan fingerprint density at radius 2 is 1.61 bits per heavy atom. The normalized spacial score (nSPS) is 24.5. The van der Waals surface area contributed by atoms with Crippen molar-refractivity contribution in [2.45, 2.75) is 58.2 Å². The van der Waals surface area contributed by atoms with Crippen molar-refractivity contribution >= 4 is 0 Å². The highest BCUT2D eigenvalue weighted by Gasteiger charge is 2.21. The van der Waals surface area contributed by atoms with E-state index in [9.17, 15) is 0 Å². The van der Waals surface area contributed by atoms with Gasteiger partial charge >= 0.3 is 0 Å². The number of benzene rings is 1. The zero-order valence-electron chi connectivity index (χ0n) is 11.9. The van der Waals surface area contributed by atoms with Gasteiger partial charge in [-0.2, -0.15) is 0 Å². The van der Waals surface area contributed by atoms with Crippen LogP contribution in [0.5, 0.6) is 0 Å². The molecule has 2 nitrogen and oxygen atoms in total. The predicted octanol–water partition coefficient (Wildman–Crippen LogP) is 3.01. The first-order valence-corrected chi connectivity index (χ1v) is 7.07. The molecule has 0 unspecified atom stereocenters. The predicted molar refractivity (Wildman–Crippen MR) is 77.6 cm³/mol. The van der Waals surface area contributed by atoms with Crippen LogP contribution in [-0.4, -0.2) is 24.0 Å². The Labute approximate surface area is 111 Å². The fourth-order valence-corrected chi connectivity index (χ4v) is 3.12. The summed E-state index contributed by atoms with van der Waals surface area (Å²) in [6.45, 7) is 5.41. The van der Waals surface area contributed by atoms with Crippen molar-refractivity contribution in [3.05, 3.63) is 34.9 Å². The van der Waals surface area contributed by atoms with E-state index in [1.54, 1.807) is 0 Å². The number of nitrogens with two attached hydrogens (primary N) is 1. The smallest absolute Gasteiger partial charge is 0.0233 e. The fraction of sp³-hybridized carbons (Fsp3) is 0.625. The molecule has 2 N–H and O–H groups in total. The van der Waals surface area contributed by atoms with Crippen LogP contribution in [-0.2, 0) is 6.54 Å². The lowest BCUT2D eigenvalue weighted by Gasteiger charge is -2.33. The number of hydrogen-bond acceptors (Lipinski definition) is 2. The molecule has 0 atom stereocenters. The maximum atomic E-state index is 5.97. The molecule has 18 heavy (non-hydrogen) atoms. The Morgan fingerprint density at radius 3 is 2.17 bits per heavy atom. The van der Waals surface area contributed by atoms with Crippen LogP contribution in [0.25, 0.3) is 0 Å². The third-order valence-corrected chi connectivity index (χ3v) is 4.08. The summed E-state index contributed by atoms with van der Waals surface area (Å²) in [6.07, 6.45) is 4.87. The molecule has 0 spiro atoms. The van der Waals surface area contributed by atoms with Crippen LogP contribution in [0, 0.1) is 13.8 Å². The molecule has 0 heterocycles. The lowest BCUT2D eigenvalue weighted by Crippen LogP contribution is -2.38. The maximum absolute atomic E-state index is 5.97. The number of nitrogens with zero attached hydrogens (tertiary/aromatic N) is 1. The first kappa shape index (κ1) is 13.6. The van der Waals surface area contributed by atoms with Crippen LogP contribution in [0.3, 0.4) is 0 Å². The average molecular weight is 246 g/mol. The van der Waals surface area contributed by atoms with E-state index in [1.807, 2.05) is 0 Å². The van der Waals surface area contributed by atoms with Crippen LogP contribution in [0.2, 0.25) is 0 Å². The van der Waals surface area contributed by atoms with Crippen molar-refractivity contribution in [3.8, 4) is 0 Å². The van der Waals surface area contributed by atoms with Gasteiger partial charge in [-0.05, 0) is 52.1 Å². The van der Waals surface area contributed by atoms with Crippen molar-refractivity contribution in [2.24, 2.45) is 5.73 Å². The Bertz CT molecular complexity index is 372. The number of rotatable bonds is 3. The molecule has 1 aromatic rings. The molecule has 0 aliphatic heterocycles. The molecule has 0 saturated heterocycles. The summed E-state index contributed by atoms with van der Waals surface area (Å²) in [4.78, 5) is 2.50. The molecule has 2 rings (SSSR count). The lowest BCUT2D eigenvalue weighted by atomic mass is 9.91. The summed E-state index contributed by atoms with van der Waals surface area (Å²) in [6, 6.07) is 8.00. The Morgan fingerprint density at radius 1 is 1.06 bits per heavy atom. The van der Waals surface area contributed by atoms with Gasteiger partial charge in [0.05, 0.1) is 0 Å². The zero-order valence-corrected chi connectivity index (χ0v) is 11.9. The second-order valence-corrected chi connectivity index (χ2v) is 5.98. The van der Waals surface area contributed by atoms with E-state index < -0.39 is 0 Å². The van der Waals surface area contributed by atoms with Gasteiger partial charge in [0.1, 0.15) is 0 Å². The first-order valence-electron chi connectivity index (χ1n) is 7.07. The SMILES string of the molecule is Cc1cc(C)cc(CN(C)C2CCC(N)CC2)c1. The fourth-order valence-electron chi connectivity index (χ4n) is 3.12. The molecule has 2 heteroatoms. The molecule has 0 bridgehead atoms. The highest BCUT2D eigenvalue weighted by atomic mass is 15.1. The maximum Gasteiger partial charge on any atom is 0.0233 e. The summed E-state index contributed by atoms with van der Waals surface area (Å²) >= 11 is 0. The van der Waals surface area contributed by atoms with Crippen molar-refractivity contribution in [2.75, 3.05) is 7.05 Å². The van der Waals surface area contributed by atoms with Crippen molar-refractivity contribution in [3.63, 3.8) is 0 Å². The molecule has 100 valence electrons. The highest BCUT2D eigenvalue weighted by Crippen LogP contribution is 2.22. The molecule has 1 aromatic carbocycles. The van der Waals surface area contributed by atoms with Crippen LogP contribution in [0.4, 0.5) is 0 Å². The molecule has 0 amide bonds. The number of hydrogen-bond donors (Lipinski definition) is 1. The van der Waals surface area contributed by atoms with Crippen LogP contribution >= 0.6 is 0 Å². The molecule has 1 fully saturated rings. The summed E-state index contributed by atoms with van der Waals surface area (Å²) in [5, 5.41) is 0. The van der Waals surface area contributed by atoms with Crippen molar-refractivity contribution in [1.82, 2.24) is 4.90 Å². The molecule has 1 saturated carbocycles. The van der Waals surface area contributed by atoms with E-state index >= 15 is 0 Å². The first-order chi connectivity index (χ1) is 8.54. The Balaban J connectivity index is 1.96. The highest BCUT2D eigenvalue weighted by molar-refractivity contribution is 5.28. The third-order valence-electron chi connectivity index (χ3n) is 4.08. The van der Waals surface area contributed by atoms with Gasteiger partial charge in [0.25, 0.3) is 0 Å². The van der Waals surface area contributed by atoms with Gasteiger partial charge in [0.2, 0.25) is 0 Å². The molecule has 1 aliphatic rings. The van der Waals surface area contributed by atoms with Gasteiger partial charge in [-0.15, -0.1) is 0 Å². The average Bonchev–Trinajstić information content (AvgIpc) is 2.28. The zero-order chi connectivity index (χ0) is 13.1. The largest absolute Gasteiger partial charge is 0.328 e. The Kier molecular flexibility index (Phi) is 4.41. The minimum absolute atomic E-state index is 0.441. The second-order valence-electron chi connectivity index (χ2n) is 5.98. The molecular formula is C16H26N2. The van der Waals surface area contributed by atoms with E-state index in [4.69, 9.17) is 5.73 Å². The summed E-state index contributed by atoms with van der Waals surface area (Å²) in [5.41, 5.74) is 10.1. The summed E-state index contributed by atoms with van der Waals surface area (Å²) in [5.74, 6) is 0. The van der Waals surface area contributed by atoms with Crippen LogP contribution < -0.4 is 5.73 Å². The standard InChI is InChI=1S/C16H26N2/c1-12-8-13(2)10-14(9-12)11-18(3)16-6-4-15(17)5-7-16/h8-10,15-16H,4-7,11,17H2,1-3H3. The second kappa shape index (κ2) is 5.85. The summed E-state index contributed by atoms with van der Waals surface area (Å²) < 4.78 is 0. The van der Waals surface area contributed by atoms with Crippen molar-refractivity contribution < 1.29 is 0 Å². The van der Waals surface area contributed by atoms with Gasteiger partial charge < -0.3 is 5.73 Å². The van der Waals surface area contributed by atoms with E-state index in [0.29, 0.717) is 12.1 Å². The van der Waals surface area contributed by atoms with Crippen molar-refractivity contribution in [1.29, 1.82) is 0 Å². The van der Waals surface area contributed by atoms with Gasteiger partial charge in [-0.25, -0.2) is 0 Å². The minimum atomic E-state index is 0.441. The van der Waals surface area contributed by atoms with Gasteiger partial charge in [-0.1, -0.05) is 29.3 Å². The van der Waals surface area contributed by atoms with E-state index in [1.165, 1.54) is 42.4 Å². The monoisotopic (exact) mass is 246 g/mol. The molecule has 1 aliphatic carbocycles. The van der Waals surface area contributed by atoms with E-state index in [0.717, 1.165) is 6.54 Å². The third kappa shape index (κ3) is 3.56. The Hall–Kier alpha value is -0.860. The van der Waals surface area contributed by atoms with Gasteiger partial charge in [0.15, 0.2) is 0 Å². The van der Waals surface area contributed by atoms with Gasteiger partial charge in [-0.3, -0.25) is 4.90 Å². The van der Waals surface area contributed by atoms with E-state index in [-0.39, 0.29) is 0 Å². The quantitative estimate of drug-likeness (QED) is 0.888. The summed E-state index contributed by atoms with van der Waals surface area (Å²) in [7, 11) is 2.25. The van der Waals surface area contributed by atoms with Crippen LogP contribution in [0.1, 0.15) is 42.4 Å². The minimum Gasteiger partial charge on any atom is -0.328 e. The molecule has 0 aromatic heterocycles. The molecule has 0 radical (unpaired) electrons. The topological polar surface area (TPSA) is 29.3 Å². The lowest BCUT2D eigenvalue weighted by molar-refractivity contribution is 0.176. The number of aryl methyl sites for hydroxylation is 2. The molecular weight excluding hydrogens is 220 g/mol. The van der Waals surface area contributed by atoms with Gasteiger partial charge in [0, 0.05) is 18.6 Å².